The largest absolute Gasteiger partial charge is 0.393 e. The van der Waals surface area contributed by atoms with E-state index in [1.807, 2.05) is 11.8 Å². The average Bonchev–Trinajstić information content (AvgIpc) is 2.09. The predicted molar refractivity (Wildman–Crippen MR) is 61.9 cm³/mol. The van der Waals surface area contributed by atoms with Gasteiger partial charge in [0.25, 0.3) is 0 Å². The van der Waals surface area contributed by atoms with E-state index in [1.54, 1.807) is 0 Å². The van der Waals surface area contributed by atoms with Gasteiger partial charge < -0.3 is 11.5 Å². The fourth-order valence-corrected chi connectivity index (χ4v) is 1.35. The first-order valence-corrected chi connectivity index (χ1v) is 5.26. The Labute approximate surface area is 90.6 Å². The summed E-state index contributed by atoms with van der Waals surface area (Å²) >= 11 is 4.76. The highest BCUT2D eigenvalue weighted by atomic mass is 32.1. The average molecular weight is 217 g/mol. The summed E-state index contributed by atoms with van der Waals surface area (Å²) in [5, 5.41) is 0. The monoisotopic (exact) mass is 217 g/mol. The van der Waals surface area contributed by atoms with E-state index in [1.165, 1.54) is 0 Å². The van der Waals surface area contributed by atoms with Crippen molar-refractivity contribution in [2.24, 2.45) is 11.5 Å². The van der Waals surface area contributed by atoms with E-state index in [-0.39, 0.29) is 5.91 Å². The molecule has 0 bridgehead atoms. The summed E-state index contributed by atoms with van der Waals surface area (Å²) < 4.78 is 0. The number of likely N-dealkylation sites (N-methyl/N-ethyl adjacent to an activating group) is 1. The second kappa shape index (κ2) is 7.70. The molecule has 0 aliphatic heterocycles. The van der Waals surface area contributed by atoms with Crippen LogP contribution in [0.25, 0.3) is 0 Å². The molecule has 0 aliphatic carbocycles. The van der Waals surface area contributed by atoms with Crippen molar-refractivity contribution in [2.75, 3.05) is 19.6 Å². The molecule has 14 heavy (non-hydrogen) atoms. The maximum absolute atomic E-state index is 10.6. The highest BCUT2D eigenvalue weighted by Gasteiger charge is 2.04. The van der Waals surface area contributed by atoms with Gasteiger partial charge in [-0.25, -0.2) is 0 Å². The Hall–Kier alpha value is -0.680. The van der Waals surface area contributed by atoms with Crippen molar-refractivity contribution < 1.29 is 4.79 Å². The SMILES string of the molecule is CCN(CCCCC(N)=S)CC(N)=O. The van der Waals surface area contributed by atoms with Crippen molar-refractivity contribution in [1.29, 1.82) is 0 Å². The third-order valence-electron chi connectivity index (χ3n) is 1.97. The summed E-state index contributed by atoms with van der Waals surface area (Å²) in [6, 6.07) is 0. The quantitative estimate of drug-likeness (QED) is 0.451. The van der Waals surface area contributed by atoms with Crippen LogP contribution in [-0.2, 0) is 4.79 Å². The van der Waals surface area contributed by atoms with E-state index in [0.29, 0.717) is 11.5 Å². The van der Waals surface area contributed by atoms with Crippen LogP contribution in [0, 0.1) is 0 Å². The third kappa shape index (κ3) is 7.94. The molecule has 0 aromatic carbocycles. The van der Waals surface area contributed by atoms with Crippen molar-refractivity contribution in [2.45, 2.75) is 26.2 Å². The molecular formula is C9H19N3OS. The van der Waals surface area contributed by atoms with E-state index in [2.05, 4.69) is 0 Å². The molecule has 0 heterocycles. The van der Waals surface area contributed by atoms with E-state index < -0.39 is 0 Å². The van der Waals surface area contributed by atoms with Crippen molar-refractivity contribution >= 4 is 23.1 Å². The topological polar surface area (TPSA) is 72.3 Å². The summed E-state index contributed by atoms with van der Waals surface area (Å²) in [5.41, 5.74) is 10.5. The van der Waals surface area contributed by atoms with Crippen LogP contribution in [0.15, 0.2) is 0 Å². The summed E-state index contributed by atoms with van der Waals surface area (Å²) in [6.45, 7) is 4.07. The number of hydrogen-bond acceptors (Lipinski definition) is 3. The zero-order valence-corrected chi connectivity index (χ0v) is 9.48. The number of carbonyl (C=O) groups excluding carboxylic acids is 1. The lowest BCUT2D eigenvalue weighted by Gasteiger charge is -2.17. The molecule has 0 atom stereocenters. The van der Waals surface area contributed by atoms with Crippen LogP contribution in [0.2, 0.25) is 0 Å². The van der Waals surface area contributed by atoms with Gasteiger partial charge in [0.15, 0.2) is 0 Å². The van der Waals surface area contributed by atoms with E-state index in [4.69, 9.17) is 23.7 Å². The van der Waals surface area contributed by atoms with Gasteiger partial charge in [-0.2, -0.15) is 0 Å². The van der Waals surface area contributed by atoms with Crippen LogP contribution in [0.4, 0.5) is 0 Å². The Morgan fingerprint density at radius 2 is 2.00 bits per heavy atom. The summed E-state index contributed by atoms with van der Waals surface area (Å²) in [5.74, 6) is -0.277. The molecule has 0 saturated heterocycles. The van der Waals surface area contributed by atoms with Crippen LogP contribution in [0.5, 0.6) is 0 Å². The van der Waals surface area contributed by atoms with Gasteiger partial charge in [-0.3, -0.25) is 9.69 Å². The zero-order valence-electron chi connectivity index (χ0n) is 8.66. The molecule has 4 nitrogen and oxygen atoms in total. The lowest BCUT2D eigenvalue weighted by Crippen LogP contribution is -2.34. The van der Waals surface area contributed by atoms with Gasteiger partial charge in [-0.05, 0) is 32.4 Å². The normalized spacial score (nSPS) is 10.4. The first-order valence-electron chi connectivity index (χ1n) is 4.85. The van der Waals surface area contributed by atoms with Crippen molar-refractivity contribution in [1.82, 2.24) is 4.90 Å². The van der Waals surface area contributed by atoms with Crippen molar-refractivity contribution in [3.63, 3.8) is 0 Å². The fourth-order valence-electron chi connectivity index (χ4n) is 1.20. The number of thiocarbonyl (C=S) groups is 1. The Bertz CT molecular complexity index is 196. The molecule has 0 spiro atoms. The number of nitrogens with zero attached hydrogens (tertiary/aromatic N) is 1. The van der Waals surface area contributed by atoms with Crippen molar-refractivity contribution in [3.05, 3.63) is 0 Å². The molecule has 0 rings (SSSR count). The molecule has 0 aliphatic rings. The Balaban J connectivity index is 3.52. The standard InChI is InChI=1S/C9H19N3OS/c1-2-12(7-8(10)13)6-4-3-5-9(11)14/h2-7H2,1H3,(H2,10,13)(H2,11,14). The Morgan fingerprint density at radius 1 is 1.36 bits per heavy atom. The smallest absolute Gasteiger partial charge is 0.231 e. The maximum atomic E-state index is 10.6. The maximum Gasteiger partial charge on any atom is 0.231 e. The third-order valence-corrected chi connectivity index (χ3v) is 2.18. The van der Waals surface area contributed by atoms with Crippen LogP contribution in [0.3, 0.4) is 0 Å². The number of amides is 1. The first-order chi connectivity index (χ1) is 6.56. The number of primary amides is 1. The highest BCUT2D eigenvalue weighted by molar-refractivity contribution is 7.80. The Morgan fingerprint density at radius 3 is 2.43 bits per heavy atom. The van der Waals surface area contributed by atoms with Gasteiger partial charge >= 0.3 is 0 Å². The molecule has 82 valence electrons. The molecule has 0 saturated carbocycles. The van der Waals surface area contributed by atoms with Gasteiger partial charge in [-0.15, -0.1) is 0 Å². The minimum atomic E-state index is -0.277. The van der Waals surface area contributed by atoms with Crippen LogP contribution < -0.4 is 11.5 Å². The molecule has 0 unspecified atom stereocenters. The van der Waals surface area contributed by atoms with Crippen LogP contribution >= 0.6 is 12.2 Å². The zero-order chi connectivity index (χ0) is 11.0. The molecular weight excluding hydrogens is 198 g/mol. The molecule has 0 radical (unpaired) electrons. The minimum absolute atomic E-state index is 0.277. The number of nitrogens with two attached hydrogens (primary N) is 2. The predicted octanol–water partition coefficient (Wildman–Crippen LogP) is 0.250. The lowest BCUT2D eigenvalue weighted by molar-refractivity contribution is -0.119. The molecule has 0 fully saturated rings. The van der Waals surface area contributed by atoms with E-state index in [0.717, 1.165) is 32.4 Å². The first kappa shape index (κ1) is 13.3. The van der Waals surface area contributed by atoms with E-state index in [9.17, 15) is 4.79 Å². The minimum Gasteiger partial charge on any atom is -0.393 e. The molecule has 0 aromatic rings. The van der Waals surface area contributed by atoms with Gasteiger partial charge in [0.05, 0.1) is 11.5 Å². The number of hydrogen-bond donors (Lipinski definition) is 2. The molecule has 0 aromatic heterocycles. The fraction of sp³-hybridized carbons (Fsp3) is 0.778. The summed E-state index contributed by atoms with van der Waals surface area (Å²) in [7, 11) is 0. The molecule has 4 N–H and O–H groups in total. The van der Waals surface area contributed by atoms with E-state index >= 15 is 0 Å². The number of carbonyl (C=O) groups is 1. The number of unbranched alkanes of at least 4 members (excludes halogenated alkanes) is 1. The van der Waals surface area contributed by atoms with Crippen molar-refractivity contribution in [3.8, 4) is 0 Å². The summed E-state index contributed by atoms with van der Waals surface area (Å²) in [4.78, 5) is 13.2. The van der Waals surface area contributed by atoms with Crippen LogP contribution in [0.1, 0.15) is 26.2 Å². The second-order valence-corrected chi connectivity index (χ2v) is 3.78. The summed E-state index contributed by atoms with van der Waals surface area (Å²) in [6.07, 6.45) is 2.76. The van der Waals surface area contributed by atoms with Crippen LogP contribution in [-0.4, -0.2) is 35.4 Å². The van der Waals surface area contributed by atoms with Gasteiger partial charge in [-0.1, -0.05) is 19.1 Å². The second-order valence-electron chi connectivity index (χ2n) is 3.26. The highest BCUT2D eigenvalue weighted by Crippen LogP contribution is 1.98. The van der Waals surface area contributed by atoms with Gasteiger partial charge in [0, 0.05) is 0 Å². The molecule has 5 heteroatoms. The lowest BCUT2D eigenvalue weighted by atomic mass is 10.2. The Kier molecular flexibility index (Phi) is 7.32. The molecule has 1 amide bonds. The number of rotatable bonds is 8. The van der Waals surface area contributed by atoms with Gasteiger partial charge in [0.2, 0.25) is 5.91 Å². The van der Waals surface area contributed by atoms with Gasteiger partial charge in [0.1, 0.15) is 0 Å².